The predicted molar refractivity (Wildman–Crippen MR) is 270 cm³/mol. The molecule has 0 fully saturated rings. The maximum absolute atomic E-state index is 12.8. The van der Waals surface area contributed by atoms with E-state index < -0.39 is 6.10 Å². The van der Waals surface area contributed by atoms with Gasteiger partial charge in [0, 0.05) is 19.4 Å². The topological polar surface area (TPSA) is 61.8 Å². The van der Waals surface area contributed by atoms with E-state index in [1.54, 1.807) is 0 Å². The summed E-state index contributed by atoms with van der Waals surface area (Å²) in [4.78, 5) is 25.4. The van der Waals surface area contributed by atoms with Crippen molar-refractivity contribution in [3.05, 3.63) is 97.2 Å². The third-order valence-electron chi connectivity index (χ3n) is 10.5. The largest absolute Gasteiger partial charge is 0.462 e. The van der Waals surface area contributed by atoms with Gasteiger partial charge in [-0.3, -0.25) is 9.59 Å². The van der Waals surface area contributed by atoms with E-state index >= 15 is 0 Å². The Bertz CT molecular complexity index is 1200. The average Bonchev–Trinajstić information content (AvgIpc) is 3.27. The molecule has 5 heteroatoms. The number of ether oxygens (including phenoxy) is 3. The fraction of sp³-hybridized carbons (Fsp3) is 0.684. The second kappa shape index (κ2) is 52.2. The summed E-state index contributed by atoms with van der Waals surface area (Å²) in [5.41, 5.74) is 0. The first kappa shape index (κ1) is 58.8. The standard InChI is InChI=1S/C57H96O5/c1-4-7-10-13-16-19-22-25-27-28-29-30-31-33-35-38-41-44-47-50-56(58)61-54-55(53-60-52-49-46-43-40-37-34-26-23-20-17-14-11-8-5-2)62-57(59)51-48-45-42-39-36-32-24-21-18-15-12-9-6-3/h7,10-12,14-16,19-21,23-25,27,29-30,55H,4-6,8-9,13,17-18,22,26,28,31-54H2,1-3H3/b10-7-,14-11-,15-12-,19-16-,23-20-,24-21-,27-25-,30-29-. The summed E-state index contributed by atoms with van der Waals surface area (Å²) in [5, 5.41) is 0. The molecule has 0 aromatic carbocycles. The Labute approximate surface area is 383 Å². The minimum absolute atomic E-state index is 0.0628. The van der Waals surface area contributed by atoms with Crippen molar-refractivity contribution in [1.29, 1.82) is 0 Å². The molecule has 0 aliphatic heterocycles. The third-order valence-corrected chi connectivity index (χ3v) is 10.5. The van der Waals surface area contributed by atoms with E-state index in [4.69, 9.17) is 14.2 Å². The average molecular weight is 861 g/mol. The van der Waals surface area contributed by atoms with Crippen LogP contribution in [0.1, 0.15) is 226 Å². The zero-order valence-electron chi connectivity index (χ0n) is 40.6. The lowest BCUT2D eigenvalue weighted by Crippen LogP contribution is -2.30. The molecular weight excluding hydrogens is 765 g/mol. The Balaban J connectivity index is 4.32. The van der Waals surface area contributed by atoms with Crippen molar-refractivity contribution in [3.63, 3.8) is 0 Å². The van der Waals surface area contributed by atoms with Gasteiger partial charge in [0.05, 0.1) is 6.61 Å². The van der Waals surface area contributed by atoms with Crippen molar-refractivity contribution in [2.24, 2.45) is 0 Å². The molecule has 1 atom stereocenters. The quantitative estimate of drug-likeness (QED) is 0.0347. The van der Waals surface area contributed by atoms with E-state index in [2.05, 4.69) is 118 Å². The van der Waals surface area contributed by atoms with Crippen LogP contribution < -0.4 is 0 Å². The van der Waals surface area contributed by atoms with Crippen LogP contribution in [0, 0.1) is 0 Å². The van der Waals surface area contributed by atoms with Gasteiger partial charge >= 0.3 is 11.9 Å². The maximum atomic E-state index is 12.8. The third kappa shape index (κ3) is 49.5. The molecule has 0 aromatic heterocycles. The summed E-state index contributed by atoms with van der Waals surface area (Å²) in [6.45, 7) is 7.53. The van der Waals surface area contributed by atoms with Gasteiger partial charge in [-0.05, 0) is 109 Å². The Morgan fingerprint density at radius 1 is 0.371 bits per heavy atom. The van der Waals surface area contributed by atoms with Gasteiger partial charge in [0.25, 0.3) is 0 Å². The van der Waals surface area contributed by atoms with Crippen molar-refractivity contribution in [2.45, 2.75) is 232 Å². The number of carbonyl (C=O) groups excluding carboxylic acids is 2. The second-order valence-corrected chi connectivity index (χ2v) is 16.7. The first-order valence-electron chi connectivity index (χ1n) is 25.8. The number of carbonyl (C=O) groups is 2. The number of unbranched alkanes of at least 4 members (excludes halogenated alkanes) is 19. The molecule has 354 valence electrons. The van der Waals surface area contributed by atoms with Crippen molar-refractivity contribution in [3.8, 4) is 0 Å². The van der Waals surface area contributed by atoms with Crippen molar-refractivity contribution >= 4 is 11.9 Å². The summed E-state index contributed by atoms with van der Waals surface area (Å²) in [7, 11) is 0. The molecule has 0 bridgehead atoms. The summed E-state index contributed by atoms with van der Waals surface area (Å²) >= 11 is 0. The summed E-state index contributed by atoms with van der Waals surface area (Å²) in [6.07, 6.45) is 69.8. The normalized spacial score (nSPS) is 13.0. The molecule has 0 saturated carbocycles. The van der Waals surface area contributed by atoms with E-state index in [1.807, 2.05) is 0 Å². The number of rotatable bonds is 46. The Kier molecular flexibility index (Phi) is 49.5. The molecule has 62 heavy (non-hydrogen) atoms. The first-order chi connectivity index (χ1) is 30.6. The SMILES string of the molecule is CC/C=C\C/C=C\C/C=C\C/C=C\CCCCCCCCC(=O)OCC(COCCCCCCCC/C=C\C/C=C\CCC)OC(=O)CCCCCCC/C=C\C/C=C\CCC. The molecule has 0 rings (SSSR count). The lowest BCUT2D eigenvalue weighted by atomic mass is 10.1. The molecule has 5 nitrogen and oxygen atoms in total. The molecule has 0 N–H and O–H groups in total. The van der Waals surface area contributed by atoms with Gasteiger partial charge in [-0.1, -0.05) is 201 Å². The monoisotopic (exact) mass is 861 g/mol. The van der Waals surface area contributed by atoms with Gasteiger partial charge in [-0.25, -0.2) is 0 Å². The van der Waals surface area contributed by atoms with E-state index in [0.717, 1.165) is 109 Å². The van der Waals surface area contributed by atoms with Crippen LogP contribution in [-0.2, 0) is 23.8 Å². The van der Waals surface area contributed by atoms with Crippen LogP contribution in [0.15, 0.2) is 97.2 Å². The van der Waals surface area contributed by atoms with Crippen molar-refractivity contribution < 1.29 is 23.8 Å². The molecular formula is C57H96O5. The van der Waals surface area contributed by atoms with Crippen LogP contribution >= 0.6 is 0 Å². The van der Waals surface area contributed by atoms with E-state index in [0.29, 0.717) is 19.4 Å². The molecule has 0 radical (unpaired) electrons. The molecule has 0 spiro atoms. The lowest BCUT2D eigenvalue weighted by molar-refractivity contribution is -0.163. The molecule has 0 aromatic rings. The van der Waals surface area contributed by atoms with Crippen LogP contribution in [0.4, 0.5) is 0 Å². The van der Waals surface area contributed by atoms with E-state index in [-0.39, 0.29) is 25.2 Å². The van der Waals surface area contributed by atoms with Crippen molar-refractivity contribution in [1.82, 2.24) is 0 Å². The highest BCUT2D eigenvalue weighted by atomic mass is 16.6. The summed E-state index contributed by atoms with van der Waals surface area (Å²) < 4.78 is 17.4. The van der Waals surface area contributed by atoms with Crippen LogP contribution in [0.5, 0.6) is 0 Å². The number of allylic oxidation sites excluding steroid dienone is 16. The maximum Gasteiger partial charge on any atom is 0.306 e. The zero-order chi connectivity index (χ0) is 44.9. The lowest BCUT2D eigenvalue weighted by Gasteiger charge is -2.18. The highest BCUT2D eigenvalue weighted by Gasteiger charge is 2.17. The van der Waals surface area contributed by atoms with E-state index in [9.17, 15) is 9.59 Å². The summed E-state index contributed by atoms with van der Waals surface area (Å²) in [6, 6.07) is 0. The number of esters is 2. The molecule has 0 aliphatic carbocycles. The molecule has 0 saturated heterocycles. The highest BCUT2D eigenvalue weighted by molar-refractivity contribution is 5.70. The van der Waals surface area contributed by atoms with Gasteiger partial charge in [0.15, 0.2) is 6.10 Å². The second-order valence-electron chi connectivity index (χ2n) is 16.7. The van der Waals surface area contributed by atoms with Crippen LogP contribution in [0.25, 0.3) is 0 Å². The van der Waals surface area contributed by atoms with Gasteiger partial charge in [-0.2, -0.15) is 0 Å². The Morgan fingerprint density at radius 2 is 0.726 bits per heavy atom. The highest BCUT2D eigenvalue weighted by Crippen LogP contribution is 2.13. The minimum atomic E-state index is -0.560. The van der Waals surface area contributed by atoms with Crippen LogP contribution in [0.3, 0.4) is 0 Å². The zero-order valence-corrected chi connectivity index (χ0v) is 40.6. The molecule has 0 amide bonds. The van der Waals surface area contributed by atoms with Gasteiger partial charge in [-0.15, -0.1) is 0 Å². The van der Waals surface area contributed by atoms with Gasteiger partial charge in [0.1, 0.15) is 6.61 Å². The molecule has 0 aliphatic rings. The van der Waals surface area contributed by atoms with E-state index in [1.165, 1.54) is 83.5 Å². The number of hydrogen-bond donors (Lipinski definition) is 0. The van der Waals surface area contributed by atoms with Gasteiger partial charge in [0.2, 0.25) is 0 Å². The fourth-order valence-corrected chi connectivity index (χ4v) is 6.75. The first-order valence-corrected chi connectivity index (χ1v) is 25.8. The summed E-state index contributed by atoms with van der Waals surface area (Å²) in [5.74, 6) is -0.439. The molecule has 0 heterocycles. The Morgan fingerprint density at radius 3 is 1.16 bits per heavy atom. The Hall–Kier alpha value is -3.18. The van der Waals surface area contributed by atoms with Crippen molar-refractivity contribution in [2.75, 3.05) is 19.8 Å². The van der Waals surface area contributed by atoms with Gasteiger partial charge < -0.3 is 14.2 Å². The molecule has 1 unspecified atom stereocenters. The van der Waals surface area contributed by atoms with Crippen LogP contribution in [-0.4, -0.2) is 37.9 Å². The number of hydrogen-bond acceptors (Lipinski definition) is 5. The smallest absolute Gasteiger partial charge is 0.306 e. The predicted octanol–water partition coefficient (Wildman–Crippen LogP) is 17.5. The van der Waals surface area contributed by atoms with Crippen LogP contribution in [0.2, 0.25) is 0 Å². The fourth-order valence-electron chi connectivity index (χ4n) is 6.75. The minimum Gasteiger partial charge on any atom is -0.462 e.